The number of para-hydroxylation sites is 1. The standard InChI is InChI=1S/C41H43BrClN3O7/c1-3-5-20-33(48)44-24-32(27-16-10-7-11-17-27)52-40(51)34-35-38(49)46(28(25-47)22-26-14-8-6-9-15-26)37(41(35)23-29(42)36(34)53-41)39(50)45(21-4-2)31-19-13-12-18-30(31)43/h3-4,6-19,28-29,32,34-37,47H,1-2,5,20-25H2,(H,44,48)/t28-,29?,32+,34-,35+,36-,37-,41+/m1/s1. The van der Waals surface area contributed by atoms with Gasteiger partial charge < -0.3 is 29.7 Å². The van der Waals surface area contributed by atoms with Gasteiger partial charge in [-0.05, 0) is 42.5 Å². The summed E-state index contributed by atoms with van der Waals surface area (Å²) >= 11 is 10.4. The predicted molar refractivity (Wildman–Crippen MR) is 205 cm³/mol. The molecule has 3 heterocycles. The maximum absolute atomic E-state index is 15.1. The molecule has 3 fully saturated rings. The normalized spacial score (nSPS) is 25.3. The molecule has 3 aliphatic heterocycles. The van der Waals surface area contributed by atoms with E-state index in [4.69, 9.17) is 21.1 Å². The highest BCUT2D eigenvalue weighted by Crippen LogP contribution is 2.61. The van der Waals surface area contributed by atoms with Gasteiger partial charge in [-0.25, -0.2) is 0 Å². The average Bonchev–Trinajstić information content (AvgIpc) is 3.77. The molecule has 0 aromatic heterocycles. The van der Waals surface area contributed by atoms with Crippen molar-refractivity contribution in [2.45, 2.75) is 60.4 Å². The zero-order chi connectivity index (χ0) is 37.7. The number of aliphatic hydroxyl groups is 1. The van der Waals surface area contributed by atoms with Gasteiger partial charge in [0.05, 0.1) is 47.8 Å². The van der Waals surface area contributed by atoms with Gasteiger partial charge >= 0.3 is 5.97 Å². The summed E-state index contributed by atoms with van der Waals surface area (Å²) < 4.78 is 12.9. The number of carbonyl (C=O) groups is 4. The zero-order valence-corrected chi connectivity index (χ0v) is 31.5. The Morgan fingerprint density at radius 3 is 2.40 bits per heavy atom. The Balaban J connectivity index is 1.39. The summed E-state index contributed by atoms with van der Waals surface area (Å²) in [7, 11) is 0. The van der Waals surface area contributed by atoms with Gasteiger partial charge in [-0.1, -0.05) is 112 Å². The van der Waals surface area contributed by atoms with Crippen LogP contribution in [-0.4, -0.2) is 82.0 Å². The van der Waals surface area contributed by atoms with E-state index in [0.717, 1.165) is 5.56 Å². The van der Waals surface area contributed by atoms with Crippen LogP contribution in [0.1, 0.15) is 36.5 Å². The summed E-state index contributed by atoms with van der Waals surface area (Å²) in [6.45, 7) is 7.18. The van der Waals surface area contributed by atoms with E-state index in [9.17, 15) is 19.5 Å². The molecule has 3 amide bonds. The summed E-state index contributed by atoms with van der Waals surface area (Å²) in [6.07, 6.45) is 2.81. The Hall–Kier alpha value is -4.29. The van der Waals surface area contributed by atoms with Crippen LogP contribution >= 0.6 is 27.5 Å². The molecule has 0 radical (unpaired) electrons. The van der Waals surface area contributed by atoms with E-state index in [0.29, 0.717) is 22.7 Å². The number of carbonyl (C=O) groups excluding carboxylic acids is 4. The highest BCUT2D eigenvalue weighted by atomic mass is 79.9. The lowest BCUT2D eigenvalue weighted by Crippen LogP contribution is -2.59. The average molecular weight is 805 g/mol. The van der Waals surface area contributed by atoms with Gasteiger partial charge in [0.25, 0.3) is 5.91 Å². The summed E-state index contributed by atoms with van der Waals surface area (Å²) in [4.78, 5) is 59.6. The minimum Gasteiger partial charge on any atom is -0.455 e. The number of nitrogens with one attached hydrogen (secondary N) is 1. The lowest BCUT2D eigenvalue weighted by molar-refractivity contribution is -0.160. The summed E-state index contributed by atoms with van der Waals surface area (Å²) in [5.74, 6) is -4.04. The summed E-state index contributed by atoms with van der Waals surface area (Å²) in [5.41, 5.74) is 0.501. The number of hydrogen-bond acceptors (Lipinski definition) is 7. The van der Waals surface area contributed by atoms with Gasteiger partial charge in [0, 0.05) is 17.8 Å². The van der Waals surface area contributed by atoms with E-state index in [1.165, 1.54) is 9.80 Å². The van der Waals surface area contributed by atoms with Crippen LogP contribution in [0.15, 0.2) is 110 Å². The van der Waals surface area contributed by atoms with Gasteiger partial charge in [-0.3, -0.25) is 19.2 Å². The zero-order valence-electron chi connectivity index (χ0n) is 29.2. The number of rotatable bonds is 16. The van der Waals surface area contributed by atoms with E-state index >= 15 is 4.79 Å². The molecule has 0 aliphatic carbocycles. The Kier molecular flexibility index (Phi) is 12.2. The number of allylic oxidation sites excluding steroid dienone is 1. The van der Waals surface area contributed by atoms with E-state index in [1.54, 1.807) is 48.6 Å². The first kappa shape index (κ1) is 38.4. The van der Waals surface area contributed by atoms with Crippen molar-refractivity contribution < 1.29 is 33.8 Å². The Bertz CT molecular complexity index is 1830. The number of amides is 3. The quantitative estimate of drug-likeness (QED) is 0.110. The molecule has 2 bridgehead atoms. The number of halogens is 2. The predicted octanol–water partition coefficient (Wildman–Crippen LogP) is 5.58. The van der Waals surface area contributed by atoms with Crippen molar-refractivity contribution in [2.24, 2.45) is 11.8 Å². The van der Waals surface area contributed by atoms with Crippen LogP contribution in [-0.2, 0) is 35.1 Å². The summed E-state index contributed by atoms with van der Waals surface area (Å²) in [6, 6.07) is 23.3. The first-order valence-corrected chi connectivity index (χ1v) is 19.0. The van der Waals surface area contributed by atoms with Crippen LogP contribution in [0.3, 0.4) is 0 Å². The number of benzene rings is 3. The number of hydrogen-bond donors (Lipinski definition) is 2. The highest BCUT2D eigenvalue weighted by molar-refractivity contribution is 9.09. The van der Waals surface area contributed by atoms with Crippen LogP contribution < -0.4 is 10.2 Å². The van der Waals surface area contributed by atoms with E-state index in [-0.39, 0.29) is 38.3 Å². The molecule has 10 nitrogen and oxygen atoms in total. The van der Waals surface area contributed by atoms with E-state index in [1.807, 2.05) is 48.5 Å². The third-order valence-corrected chi connectivity index (χ3v) is 11.5. The Morgan fingerprint density at radius 1 is 1.06 bits per heavy atom. The van der Waals surface area contributed by atoms with Crippen molar-refractivity contribution in [3.05, 3.63) is 126 Å². The molecule has 8 atom stereocenters. The molecule has 3 aliphatic rings. The number of likely N-dealkylation sites (tertiary alicyclic amines) is 1. The fourth-order valence-electron chi connectivity index (χ4n) is 8.04. The number of alkyl halides is 1. The minimum absolute atomic E-state index is 0.0106. The van der Waals surface area contributed by atoms with Crippen molar-refractivity contribution in [2.75, 3.05) is 24.6 Å². The number of aliphatic hydroxyl groups excluding tert-OH is 1. The number of nitrogens with zero attached hydrogens (tertiary/aromatic N) is 2. The third kappa shape index (κ3) is 7.58. The number of esters is 1. The molecule has 278 valence electrons. The molecule has 0 saturated carbocycles. The molecule has 3 aromatic rings. The molecular formula is C41H43BrClN3O7. The van der Waals surface area contributed by atoms with E-state index in [2.05, 4.69) is 34.4 Å². The first-order chi connectivity index (χ1) is 25.6. The van der Waals surface area contributed by atoms with Crippen LogP contribution in [0, 0.1) is 11.8 Å². The molecule has 3 aromatic carbocycles. The minimum atomic E-state index is -1.44. The third-order valence-electron chi connectivity index (χ3n) is 10.4. The lowest BCUT2D eigenvalue weighted by atomic mass is 9.70. The van der Waals surface area contributed by atoms with Crippen LogP contribution in [0.5, 0.6) is 0 Å². The van der Waals surface area contributed by atoms with E-state index < -0.39 is 70.9 Å². The van der Waals surface area contributed by atoms with Gasteiger partial charge in [0.15, 0.2) is 0 Å². The molecule has 12 heteroatoms. The molecule has 6 rings (SSSR count). The maximum Gasteiger partial charge on any atom is 0.313 e. The second-order valence-electron chi connectivity index (χ2n) is 13.6. The Morgan fingerprint density at radius 2 is 1.74 bits per heavy atom. The fourth-order valence-corrected chi connectivity index (χ4v) is 9.22. The number of anilines is 1. The van der Waals surface area contributed by atoms with Crippen molar-refractivity contribution in [1.82, 2.24) is 10.2 Å². The molecule has 53 heavy (non-hydrogen) atoms. The molecule has 2 N–H and O–H groups in total. The van der Waals surface area contributed by atoms with Crippen LogP contribution in [0.25, 0.3) is 0 Å². The van der Waals surface area contributed by atoms with Gasteiger partial charge in [0.2, 0.25) is 11.8 Å². The Labute approximate surface area is 322 Å². The molecule has 1 spiro atoms. The maximum atomic E-state index is 15.1. The molecule has 1 unspecified atom stereocenters. The van der Waals surface area contributed by atoms with Gasteiger partial charge in [-0.2, -0.15) is 0 Å². The smallest absolute Gasteiger partial charge is 0.313 e. The second kappa shape index (κ2) is 16.8. The topological polar surface area (TPSA) is 125 Å². The molecule has 3 saturated heterocycles. The second-order valence-corrected chi connectivity index (χ2v) is 15.2. The van der Waals surface area contributed by atoms with Crippen LogP contribution in [0.2, 0.25) is 5.02 Å². The van der Waals surface area contributed by atoms with Crippen molar-refractivity contribution >= 4 is 56.9 Å². The first-order valence-electron chi connectivity index (χ1n) is 17.7. The number of fused-ring (bicyclic) bond motifs is 1. The van der Waals surface area contributed by atoms with Crippen molar-refractivity contribution in [3.63, 3.8) is 0 Å². The fraction of sp³-hybridized carbons (Fsp3) is 0.366. The molecular weight excluding hydrogens is 762 g/mol. The SMILES string of the molecule is C=CCCC(=O)NC[C@H](OC(=O)[C@H]1[C@@H]2O[C@@]3(CC2Br)[C@@H]1C(=O)N([C@@H](CO)Cc1ccccc1)[C@@H]3C(=O)N(CC=C)c1ccccc1Cl)c1ccccc1. The van der Waals surface area contributed by atoms with Gasteiger partial charge in [0.1, 0.15) is 17.7 Å². The highest BCUT2D eigenvalue weighted by Gasteiger charge is 2.77. The van der Waals surface area contributed by atoms with Gasteiger partial charge in [-0.15, -0.1) is 13.2 Å². The largest absolute Gasteiger partial charge is 0.455 e. The lowest BCUT2D eigenvalue weighted by Gasteiger charge is -2.39. The van der Waals surface area contributed by atoms with Crippen molar-refractivity contribution in [3.8, 4) is 0 Å². The number of ether oxygens (including phenoxy) is 2. The summed E-state index contributed by atoms with van der Waals surface area (Å²) in [5, 5.41) is 14.1. The monoisotopic (exact) mass is 803 g/mol. The van der Waals surface area contributed by atoms with Crippen LogP contribution in [0.4, 0.5) is 5.69 Å². The van der Waals surface area contributed by atoms with Crippen molar-refractivity contribution in [1.29, 1.82) is 0 Å².